The molecule has 0 atom stereocenters. The topological polar surface area (TPSA) is 0 Å². The van der Waals surface area contributed by atoms with Crippen LogP contribution in [0.15, 0.2) is 18.0 Å². The van der Waals surface area contributed by atoms with Gasteiger partial charge < -0.3 is 0 Å². The second kappa shape index (κ2) is 2.12. The molecule has 40 valence electrons. The van der Waals surface area contributed by atoms with Crippen LogP contribution in [0.3, 0.4) is 0 Å². The minimum absolute atomic E-state index is 1.34. The molecule has 0 N–H and O–H groups in total. The molecule has 0 radical (unpaired) electrons. The van der Waals surface area contributed by atoms with Crippen LogP contribution in [0.5, 0.6) is 0 Å². The zero-order valence-corrected chi connectivity index (χ0v) is 5.31. The fraction of sp³-hybridized carbons (Fsp3) is 0.286. The van der Waals surface area contributed by atoms with Gasteiger partial charge in [0.25, 0.3) is 0 Å². The van der Waals surface area contributed by atoms with E-state index in [9.17, 15) is 0 Å². The minimum atomic E-state index is 1.34. The van der Waals surface area contributed by atoms with Gasteiger partial charge in [-0.3, -0.25) is 0 Å². The Balaban J connectivity index is 3.08. The van der Waals surface area contributed by atoms with Gasteiger partial charge in [0, 0.05) is 0 Å². The standard InChI is InChI=1S/C7H9B/c1-6-3-7(2)5-8-4-6/h3-5H,1-2H3. The Bertz CT molecular complexity index is 164. The Hall–Kier alpha value is -0.585. The summed E-state index contributed by atoms with van der Waals surface area (Å²) >= 11 is 0. The molecule has 0 spiro atoms. The van der Waals surface area contributed by atoms with Crippen LogP contribution >= 0.6 is 0 Å². The summed E-state index contributed by atoms with van der Waals surface area (Å²) < 4.78 is 0. The van der Waals surface area contributed by atoms with Gasteiger partial charge >= 0.3 is 49.9 Å². The van der Waals surface area contributed by atoms with Crippen LogP contribution in [0.2, 0.25) is 0 Å². The van der Waals surface area contributed by atoms with Crippen LogP contribution in [0.1, 0.15) is 11.1 Å². The van der Waals surface area contributed by atoms with Gasteiger partial charge in [-0.1, -0.05) is 0 Å². The molecule has 0 bridgehead atoms. The van der Waals surface area contributed by atoms with Crippen molar-refractivity contribution in [2.24, 2.45) is 0 Å². The normalized spacial score (nSPS) is 8.75. The van der Waals surface area contributed by atoms with Crippen molar-refractivity contribution in [1.82, 2.24) is 0 Å². The van der Waals surface area contributed by atoms with Crippen molar-refractivity contribution in [3.63, 3.8) is 0 Å². The number of rotatable bonds is 0. The van der Waals surface area contributed by atoms with E-state index in [1.165, 1.54) is 11.1 Å². The number of aryl methyl sites for hydroxylation is 2. The molecule has 0 nitrogen and oxygen atoms in total. The molecular weight excluding hydrogens is 94.9 g/mol. The molecule has 0 saturated carbocycles. The second-order valence-electron chi connectivity index (χ2n) is 2.16. The van der Waals surface area contributed by atoms with Gasteiger partial charge in [-0.15, -0.1) is 0 Å². The van der Waals surface area contributed by atoms with Crippen molar-refractivity contribution in [2.45, 2.75) is 13.8 Å². The Morgan fingerprint density at radius 1 is 1.12 bits per heavy atom. The molecule has 0 aliphatic carbocycles. The van der Waals surface area contributed by atoms with Crippen molar-refractivity contribution < 1.29 is 0 Å². The zero-order chi connectivity index (χ0) is 5.98. The predicted octanol–water partition coefficient (Wildman–Crippen LogP) is 1.64. The third kappa shape index (κ3) is 1.19. The quantitative estimate of drug-likeness (QED) is 0.469. The molecule has 0 aromatic carbocycles. The zero-order valence-electron chi connectivity index (χ0n) is 5.31. The fourth-order valence-electron chi connectivity index (χ4n) is 0.807. The first-order chi connectivity index (χ1) is 3.79. The van der Waals surface area contributed by atoms with E-state index in [1.807, 2.05) is 0 Å². The molecule has 0 unspecified atom stereocenters. The maximum atomic E-state index is 2.17. The molecule has 1 rings (SSSR count). The summed E-state index contributed by atoms with van der Waals surface area (Å²) in [6.45, 7) is 6.28. The van der Waals surface area contributed by atoms with E-state index >= 15 is 0 Å². The number of hydrogen-bond acceptors (Lipinski definition) is 0. The first kappa shape index (κ1) is 5.55. The van der Waals surface area contributed by atoms with E-state index in [0.717, 1.165) is 0 Å². The predicted molar refractivity (Wildman–Crippen MR) is 37.3 cm³/mol. The Labute approximate surface area is 50.8 Å². The average Bonchev–Trinajstić information content (AvgIpc) is 1.64. The van der Waals surface area contributed by atoms with Crippen molar-refractivity contribution in [2.75, 3.05) is 0 Å². The fourth-order valence-corrected chi connectivity index (χ4v) is 0.807. The molecule has 8 heavy (non-hydrogen) atoms. The Morgan fingerprint density at radius 2 is 1.62 bits per heavy atom. The maximum absolute atomic E-state index is 2.17. The van der Waals surface area contributed by atoms with Crippen molar-refractivity contribution in [1.29, 1.82) is 0 Å². The van der Waals surface area contributed by atoms with E-state index in [0.29, 0.717) is 0 Å². The molecular formula is C7H9B. The van der Waals surface area contributed by atoms with E-state index < -0.39 is 0 Å². The van der Waals surface area contributed by atoms with Gasteiger partial charge in [-0.05, 0) is 0 Å². The second-order valence-corrected chi connectivity index (χ2v) is 2.16. The summed E-state index contributed by atoms with van der Waals surface area (Å²) in [6, 6.07) is 2.17. The summed E-state index contributed by atoms with van der Waals surface area (Å²) in [5.41, 5.74) is 2.68. The molecule has 1 aromatic rings. The first-order valence-electron chi connectivity index (χ1n) is 2.82. The molecule has 0 aliphatic heterocycles. The van der Waals surface area contributed by atoms with Crippen LogP contribution in [0.25, 0.3) is 0 Å². The van der Waals surface area contributed by atoms with E-state index in [4.69, 9.17) is 0 Å². The average molecular weight is 104 g/mol. The van der Waals surface area contributed by atoms with Gasteiger partial charge in [0.05, 0.1) is 0 Å². The van der Waals surface area contributed by atoms with Gasteiger partial charge in [-0.25, -0.2) is 0 Å². The Morgan fingerprint density at radius 3 is 1.88 bits per heavy atom. The Kier molecular flexibility index (Phi) is 1.47. The van der Waals surface area contributed by atoms with Gasteiger partial charge in [0.2, 0.25) is 0 Å². The third-order valence-corrected chi connectivity index (χ3v) is 1.17. The number of hydrogen-bond donors (Lipinski definition) is 0. The van der Waals surface area contributed by atoms with Crippen molar-refractivity contribution in [3.05, 3.63) is 29.1 Å². The van der Waals surface area contributed by atoms with Crippen LogP contribution in [-0.4, -0.2) is 6.91 Å². The van der Waals surface area contributed by atoms with Gasteiger partial charge in [0.1, 0.15) is 0 Å². The van der Waals surface area contributed by atoms with Crippen molar-refractivity contribution in [3.8, 4) is 0 Å². The molecule has 1 heterocycles. The summed E-state index contributed by atoms with van der Waals surface area (Å²) in [7, 11) is 0. The molecule has 0 saturated heterocycles. The van der Waals surface area contributed by atoms with E-state index in [2.05, 4.69) is 38.7 Å². The summed E-state index contributed by atoms with van der Waals surface area (Å²) in [5.74, 6) is 4.21. The monoisotopic (exact) mass is 104 g/mol. The molecule has 0 amide bonds. The molecule has 1 aromatic heterocycles. The van der Waals surface area contributed by atoms with Crippen LogP contribution in [0.4, 0.5) is 0 Å². The third-order valence-electron chi connectivity index (χ3n) is 1.17. The van der Waals surface area contributed by atoms with Gasteiger partial charge in [0.15, 0.2) is 0 Å². The molecule has 0 fully saturated rings. The van der Waals surface area contributed by atoms with Crippen LogP contribution in [-0.2, 0) is 0 Å². The molecule has 0 aliphatic rings. The SMILES string of the molecule is Cc1cbcc(C)c1. The summed E-state index contributed by atoms with van der Waals surface area (Å²) in [5, 5.41) is 0. The van der Waals surface area contributed by atoms with E-state index in [1.54, 1.807) is 0 Å². The van der Waals surface area contributed by atoms with Crippen LogP contribution < -0.4 is 0 Å². The van der Waals surface area contributed by atoms with E-state index in [-0.39, 0.29) is 0 Å². The van der Waals surface area contributed by atoms with Crippen LogP contribution in [0, 0.1) is 13.8 Å². The van der Waals surface area contributed by atoms with Gasteiger partial charge in [-0.2, -0.15) is 0 Å². The summed E-state index contributed by atoms with van der Waals surface area (Å²) in [6.07, 6.45) is 0. The summed E-state index contributed by atoms with van der Waals surface area (Å²) in [4.78, 5) is 0. The molecule has 1 heteroatoms. The van der Waals surface area contributed by atoms with Crippen molar-refractivity contribution >= 4 is 6.91 Å². The first-order valence-corrected chi connectivity index (χ1v) is 2.82.